The molecule has 0 fully saturated rings. The quantitative estimate of drug-likeness (QED) is 0.651. The highest BCUT2D eigenvalue weighted by atomic mass is 35.5. The molecule has 0 aliphatic heterocycles. The number of nitrogens with one attached hydrogen (secondary N) is 2. The Morgan fingerprint density at radius 1 is 1.38 bits per heavy atom. The Morgan fingerprint density at radius 3 is 2.71 bits per heavy atom. The number of rotatable bonds is 4. The topological polar surface area (TPSA) is 103 Å². The lowest BCUT2D eigenvalue weighted by Gasteiger charge is -2.11. The molecule has 2 aromatic rings. The summed E-state index contributed by atoms with van der Waals surface area (Å²) in [6.45, 7) is 5.86. The standard InChI is InChI=1S/C16H16ClN5O2/c1-16(2,3)13-8-14(22-24-13)19-15(23)12(9-18)21-20-11-6-4-5-10(17)7-11/h4-8,20H,1-3H3,(H,19,22,23)/b21-12+. The molecule has 0 aliphatic carbocycles. The minimum atomic E-state index is -0.694. The number of carbonyl (C=O) groups is 1. The second kappa shape index (κ2) is 7.15. The van der Waals surface area contributed by atoms with E-state index in [0.29, 0.717) is 16.5 Å². The van der Waals surface area contributed by atoms with Crippen LogP contribution >= 0.6 is 11.6 Å². The summed E-state index contributed by atoms with van der Waals surface area (Å²) in [5.41, 5.74) is 2.57. The summed E-state index contributed by atoms with van der Waals surface area (Å²) in [5.74, 6) is 0.140. The molecule has 1 aromatic heterocycles. The molecule has 124 valence electrons. The maximum absolute atomic E-state index is 12.1. The second-order valence-electron chi connectivity index (χ2n) is 5.97. The molecule has 0 spiro atoms. The zero-order valence-corrected chi connectivity index (χ0v) is 14.2. The Hall–Kier alpha value is -2.85. The SMILES string of the molecule is CC(C)(C)c1cc(NC(=O)/C(C#N)=N/Nc2cccc(Cl)c2)no1. The Balaban J connectivity index is 2.07. The number of amides is 1. The number of aromatic nitrogens is 1. The average Bonchev–Trinajstić information content (AvgIpc) is 2.96. The number of benzene rings is 1. The molecule has 1 heterocycles. The number of nitrogens with zero attached hydrogens (tertiary/aromatic N) is 3. The molecule has 7 nitrogen and oxygen atoms in total. The fourth-order valence-corrected chi connectivity index (χ4v) is 1.86. The van der Waals surface area contributed by atoms with Crippen molar-refractivity contribution in [1.82, 2.24) is 5.16 Å². The van der Waals surface area contributed by atoms with Crippen LogP contribution in [-0.4, -0.2) is 16.8 Å². The highest BCUT2D eigenvalue weighted by molar-refractivity contribution is 6.48. The molecule has 0 saturated carbocycles. The van der Waals surface area contributed by atoms with E-state index in [1.165, 1.54) is 0 Å². The number of anilines is 2. The largest absolute Gasteiger partial charge is 0.359 e. The van der Waals surface area contributed by atoms with Crippen molar-refractivity contribution in [3.8, 4) is 6.07 Å². The van der Waals surface area contributed by atoms with E-state index in [4.69, 9.17) is 21.4 Å². The van der Waals surface area contributed by atoms with Gasteiger partial charge in [0.1, 0.15) is 11.8 Å². The number of nitriles is 1. The van der Waals surface area contributed by atoms with Crippen LogP contribution < -0.4 is 10.7 Å². The molecule has 0 saturated heterocycles. The molecular weight excluding hydrogens is 330 g/mol. The van der Waals surface area contributed by atoms with E-state index in [0.717, 1.165) is 0 Å². The third-order valence-corrected chi connectivity index (χ3v) is 3.17. The fourth-order valence-electron chi connectivity index (χ4n) is 1.67. The number of hydrogen-bond donors (Lipinski definition) is 2. The van der Waals surface area contributed by atoms with Gasteiger partial charge < -0.3 is 9.84 Å². The zero-order valence-electron chi connectivity index (χ0n) is 13.4. The minimum absolute atomic E-state index is 0.218. The monoisotopic (exact) mass is 345 g/mol. The highest BCUT2D eigenvalue weighted by Gasteiger charge is 2.21. The van der Waals surface area contributed by atoms with Crippen LogP contribution in [0.25, 0.3) is 0 Å². The van der Waals surface area contributed by atoms with E-state index >= 15 is 0 Å². The van der Waals surface area contributed by atoms with Crippen LogP contribution in [-0.2, 0) is 10.2 Å². The first-order valence-corrected chi connectivity index (χ1v) is 7.45. The molecule has 1 amide bonds. The van der Waals surface area contributed by atoms with Gasteiger partial charge >= 0.3 is 0 Å². The van der Waals surface area contributed by atoms with Crippen LogP contribution in [0.15, 0.2) is 40.0 Å². The third kappa shape index (κ3) is 4.57. The van der Waals surface area contributed by atoms with Gasteiger partial charge in [0.25, 0.3) is 5.91 Å². The Kier molecular flexibility index (Phi) is 5.21. The van der Waals surface area contributed by atoms with Crippen LogP contribution in [0.4, 0.5) is 11.5 Å². The molecular formula is C16H16ClN5O2. The third-order valence-electron chi connectivity index (χ3n) is 2.93. The van der Waals surface area contributed by atoms with E-state index in [-0.39, 0.29) is 16.9 Å². The van der Waals surface area contributed by atoms with Crippen molar-refractivity contribution in [2.45, 2.75) is 26.2 Å². The van der Waals surface area contributed by atoms with Crippen molar-refractivity contribution >= 4 is 34.7 Å². The van der Waals surface area contributed by atoms with Crippen molar-refractivity contribution in [2.75, 3.05) is 10.7 Å². The van der Waals surface area contributed by atoms with Gasteiger partial charge in [0.05, 0.1) is 5.69 Å². The fraction of sp³-hybridized carbons (Fsp3) is 0.250. The lowest BCUT2D eigenvalue weighted by atomic mass is 9.93. The first-order valence-electron chi connectivity index (χ1n) is 7.07. The van der Waals surface area contributed by atoms with Gasteiger partial charge in [-0.05, 0) is 18.2 Å². The molecule has 0 aliphatic rings. The van der Waals surface area contributed by atoms with Gasteiger partial charge in [0, 0.05) is 16.5 Å². The van der Waals surface area contributed by atoms with E-state index in [9.17, 15) is 4.79 Å². The molecule has 2 N–H and O–H groups in total. The first-order chi connectivity index (χ1) is 11.3. The van der Waals surface area contributed by atoms with Gasteiger partial charge in [-0.2, -0.15) is 10.4 Å². The molecule has 2 rings (SSSR count). The van der Waals surface area contributed by atoms with Crippen molar-refractivity contribution in [3.05, 3.63) is 41.1 Å². The zero-order chi connectivity index (χ0) is 17.7. The van der Waals surface area contributed by atoms with Crippen LogP contribution in [0.1, 0.15) is 26.5 Å². The lowest BCUT2D eigenvalue weighted by Crippen LogP contribution is -2.22. The smallest absolute Gasteiger partial charge is 0.288 e. The second-order valence-corrected chi connectivity index (χ2v) is 6.41. The number of hydrogen-bond acceptors (Lipinski definition) is 6. The average molecular weight is 346 g/mol. The number of hydrazone groups is 1. The van der Waals surface area contributed by atoms with Gasteiger partial charge in [0.15, 0.2) is 5.82 Å². The molecule has 8 heteroatoms. The van der Waals surface area contributed by atoms with E-state index in [1.54, 1.807) is 36.4 Å². The predicted molar refractivity (Wildman–Crippen MR) is 92.0 cm³/mol. The van der Waals surface area contributed by atoms with Crippen molar-refractivity contribution in [3.63, 3.8) is 0 Å². The Labute approximate surface area is 144 Å². The Morgan fingerprint density at radius 2 is 2.12 bits per heavy atom. The molecule has 0 radical (unpaired) electrons. The molecule has 24 heavy (non-hydrogen) atoms. The first kappa shape index (κ1) is 17.5. The van der Waals surface area contributed by atoms with Gasteiger partial charge in [-0.25, -0.2) is 0 Å². The van der Waals surface area contributed by atoms with E-state index in [1.807, 2.05) is 20.8 Å². The summed E-state index contributed by atoms with van der Waals surface area (Å²) in [6.07, 6.45) is 0. The van der Waals surface area contributed by atoms with Gasteiger partial charge in [-0.15, -0.1) is 0 Å². The number of carbonyl (C=O) groups excluding carboxylic acids is 1. The molecule has 0 bridgehead atoms. The van der Waals surface area contributed by atoms with Crippen molar-refractivity contribution in [2.24, 2.45) is 5.10 Å². The van der Waals surface area contributed by atoms with Crippen LogP contribution in [0.2, 0.25) is 5.02 Å². The lowest BCUT2D eigenvalue weighted by molar-refractivity contribution is -0.110. The summed E-state index contributed by atoms with van der Waals surface area (Å²) >= 11 is 5.85. The molecule has 0 unspecified atom stereocenters. The minimum Gasteiger partial charge on any atom is -0.359 e. The van der Waals surface area contributed by atoms with E-state index in [2.05, 4.69) is 21.0 Å². The summed E-state index contributed by atoms with van der Waals surface area (Å²) in [6, 6.07) is 10.1. The van der Waals surface area contributed by atoms with Crippen LogP contribution in [0, 0.1) is 11.3 Å². The van der Waals surface area contributed by atoms with E-state index < -0.39 is 5.91 Å². The van der Waals surface area contributed by atoms with Gasteiger partial charge in [-0.3, -0.25) is 10.2 Å². The predicted octanol–water partition coefficient (Wildman–Crippen LogP) is 3.56. The normalized spacial score (nSPS) is 11.7. The molecule has 1 aromatic carbocycles. The number of halogens is 1. The Bertz CT molecular complexity index is 814. The maximum Gasteiger partial charge on any atom is 0.288 e. The van der Waals surface area contributed by atoms with Crippen LogP contribution in [0.5, 0.6) is 0 Å². The highest BCUT2D eigenvalue weighted by Crippen LogP contribution is 2.24. The summed E-state index contributed by atoms with van der Waals surface area (Å²) in [5, 5.41) is 19.6. The molecule has 0 atom stereocenters. The summed E-state index contributed by atoms with van der Waals surface area (Å²) < 4.78 is 5.17. The van der Waals surface area contributed by atoms with Gasteiger partial charge in [-0.1, -0.05) is 43.6 Å². The van der Waals surface area contributed by atoms with Crippen molar-refractivity contribution < 1.29 is 9.32 Å². The summed E-state index contributed by atoms with van der Waals surface area (Å²) in [7, 11) is 0. The summed E-state index contributed by atoms with van der Waals surface area (Å²) in [4.78, 5) is 12.1. The van der Waals surface area contributed by atoms with Crippen molar-refractivity contribution in [1.29, 1.82) is 5.26 Å². The van der Waals surface area contributed by atoms with Gasteiger partial charge in [0.2, 0.25) is 5.71 Å². The maximum atomic E-state index is 12.1. The van der Waals surface area contributed by atoms with Crippen LogP contribution in [0.3, 0.4) is 0 Å².